The molecule has 214 valence electrons. The SMILES string of the molecule is COCOc1ccc(OCCCNC(C)=O)c2c1C(=O)O[C@@H](C)[C@H](C)/C=C\C(=O)[C@H]1OC(C)(C)O[C@H]1C/C=C/2. The number of esters is 1. The molecule has 0 aromatic heterocycles. The Balaban J connectivity index is 2.03. The molecule has 2 aliphatic rings. The monoisotopic (exact) mass is 545 g/mol. The van der Waals surface area contributed by atoms with E-state index in [0.29, 0.717) is 37.3 Å². The van der Waals surface area contributed by atoms with Crippen molar-refractivity contribution in [1.82, 2.24) is 5.32 Å². The largest absolute Gasteiger partial charge is 0.493 e. The molecule has 0 spiro atoms. The Morgan fingerprint density at radius 3 is 2.56 bits per heavy atom. The highest BCUT2D eigenvalue weighted by Crippen LogP contribution is 2.35. The van der Waals surface area contributed by atoms with Gasteiger partial charge in [-0.05, 0) is 51.8 Å². The van der Waals surface area contributed by atoms with Gasteiger partial charge in [-0.25, -0.2) is 4.79 Å². The molecular formula is C29H39NO9. The van der Waals surface area contributed by atoms with Crippen molar-refractivity contribution in [2.24, 2.45) is 5.92 Å². The van der Waals surface area contributed by atoms with Crippen LogP contribution >= 0.6 is 0 Å². The minimum Gasteiger partial charge on any atom is -0.493 e. The molecule has 10 heteroatoms. The zero-order valence-corrected chi connectivity index (χ0v) is 23.5. The summed E-state index contributed by atoms with van der Waals surface area (Å²) in [4.78, 5) is 37.7. The van der Waals surface area contributed by atoms with E-state index in [1.165, 1.54) is 20.1 Å². The minimum atomic E-state index is -0.917. The first-order chi connectivity index (χ1) is 18.5. The van der Waals surface area contributed by atoms with Crippen LogP contribution in [-0.2, 0) is 28.5 Å². The summed E-state index contributed by atoms with van der Waals surface area (Å²) >= 11 is 0. The van der Waals surface area contributed by atoms with Crippen LogP contribution in [-0.4, -0.2) is 68.8 Å². The van der Waals surface area contributed by atoms with E-state index >= 15 is 0 Å². The molecule has 0 aliphatic carbocycles. The molecule has 0 radical (unpaired) electrons. The second-order valence-electron chi connectivity index (χ2n) is 10.1. The van der Waals surface area contributed by atoms with Gasteiger partial charge >= 0.3 is 5.97 Å². The quantitative estimate of drug-likeness (QED) is 0.295. The predicted molar refractivity (Wildman–Crippen MR) is 143 cm³/mol. The zero-order chi connectivity index (χ0) is 28.6. The maximum absolute atomic E-state index is 13.5. The number of hydrogen-bond donors (Lipinski definition) is 1. The number of carbonyl (C=O) groups is 3. The molecule has 1 saturated heterocycles. The number of rotatable bonds is 8. The Hall–Kier alpha value is -3.21. The van der Waals surface area contributed by atoms with Gasteiger partial charge in [0.1, 0.15) is 29.3 Å². The van der Waals surface area contributed by atoms with Crippen molar-refractivity contribution in [1.29, 1.82) is 0 Å². The maximum atomic E-state index is 13.5. The molecule has 39 heavy (non-hydrogen) atoms. The summed E-state index contributed by atoms with van der Waals surface area (Å²) in [7, 11) is 1.49. The van der Waals surface area contributed by atoms with Gasteiger partial charge in [0.15, 0.2) is 18.4 Å². The van der Waals surface area contributed by atoms with E-state index in [0.717, 1.165) is 0 Å². The number of fused-ring (bicyclic) bond motifs is 2. The highest BCUT2D eigenvalue weighted by molar-refractivity contribution is 5.98. The third-order valence-electron chi connectivity index (χ3n) is 6.37. The number of cyclic esters (lactones) is 1. The van der Waals surface area contributed by atoms with Crippen LogP contribution in [0, 0.1) is 5.92 Å². The van der Waals surface area contributed by atoms with Crippen LogP contribution in [0.3, 0.4) is 0 Å². The second kappa shape index (κ2) is 13.7. The second-order valence-corrected chi connectivity index (χ2v) is 10.1. The van der Waals surface area contributed by atoms with Crippen molar-refractivity contribution in [3.8, 4) is 11.5 Å². The van der Waals surface area contributed by atoms with E-state index in [1.807, 2.05) is 13.0 Å². The smallest absolute Gasteiger partial charge is 0.342 e. The molecule has 10 nitrogen and oxygen atoms in total. The molecule has 1 N–H and O–H groups in total. The van der Waals surface area contributed by atoms with Gasteiger partial charge in [-0.3, -0.25) is 9.59 Å². The van der Waals surface area contributed by atoms with Gasteiger partial charge in [0.2, 0.25) is 5.91 Å². The molecule has 2 aliphatic heterocycles. The van der Waals surface area contributed by atoms with Crippen molar-refractivity contribution in [2.45, 2.75) is 71.6 Å². The molecule has 3 rings (SSSR count). The third kappa shape index (κ3) is 8.39. The van der Waals surface area contributed by atoms with E-state index < -0.39 is 30.1 Å². The van der Waals surface area contributed by atoms with Gasteiger partial charge < -0.3 is 33.7 Å². The van der Waals surface area contributed by atoms with E-state index in [1.54, 1.807) is 45.1 Å². The minimum absolute atomic E-state index is 0.0683. The summed E-state index contributed by atoms with van der Waals surface area (Å²) in [6.07, 6.45) is 5.82. The fourth-order valence-corrected chi connectivity index (χ4v) is 4.25. The highest BCUT2D eigenvalue weighted by Gasteiger charge is 2.43. The molecule has 0 unspecified atom stereocenters. The summed E-state index contributed by atoms with van der Waals surface area (Å²) in [5.74, 6) is -1.38. The number of methoxy groups -OCH3 is 1. The first-order valence-electron chi connectivity index (χ1n) is 13.1. The first kappa shape index (κ1) is 30.3. The van der Waals surface area contributed by atoms with Gasteiger partial charge in [-0.15, -0.1) is 0 Å². The molecule has 1 aromatic carbocycles. The van der Waals surface area contributed by atoms with Crippen LogP contribution in [0.4, 0.5) is 0 Å². The Morgan fingerprint density at radius 1 is 1.10 bits per heavy atom. The lowest BCUT2D eigenvalue weighted by Gasteiger charge is -2.22. The van der Waals surface area contributed by atoms with E-state index in [4.69, 9.17) is 28.4 Å². The third-order valence-corrected chi connectivity index (χ3v) is 6.37. The molecule has 0 bridgehead atoms. The van der Waals surface area contributed by atoms with Crippen LogP contribution < -0.4 is 14.8 Å². The summed E-state index contributed by atoms with van der Waals surface area (Å²) in [5.41, 5.74) is 0.654. The van der Waals surface area contributed by atoms with Crippen LogP contribution in [0.1, 0.15) is 63.4 Å². The molecule has 1 amide bonds. The van der Waals surface area contributed by atoms with E-state index in [2.05, 4.69) is 5.32 Å². The normalized spacial score (nSPS) is 26.4. The van der Waals surface area contributed by atoms with Gasteiger partial charge in [0.25, 0.3) is 0 Å². The van der Waals surface area contributed by atoms with Gasteiger partial charge in [0.05, 0.1) is 12.7 Å². The molecular weight excluding hydrogens is 506 g/mol. The summed E-state index contributed by atoms with van der Waals surface area (Å²) in [6.45, 7) is 9.31. The van der Waals surface area contributed by atoms with Crippen molar-refractivity contribution in [2.75, 3.05) is 27.1 Å². The zero-order valence-electron chi connectivity index (χ0n) is 23.5. The first-order valence-corrected chi connectivity index (χ1v) is 13.1. The van der Waals surface area contributed by atoms with Crippen LogP contribution in [0.5, 0.6) is 11.5 Å². The number of amides is 1. The molecule has 4 atom stereocenters. The molecule has 0 saturated carbocycles. The molecule has 2 heterocycles. The number of carbonyl (C=O) groups excluding carboxylic acids is 3. The molecule has 1 fully saturated rings. The van der Waals surface area contributed by atoms with E-state index in [9.17, 15) is 14.4 Å². The number of nitrogens with one attached hydrogen (secondary N) is 1. The number of hydrogen-bond acceptors (Lipinski definition) is 9. The average molecular weight is 546 g/mol. The Labute approximate surface area is 229 Å². The van der Waals surface area contributed by atoms with E-state index in [-0.39, 0.29) is 35.7 Å². The average Bonchev–Trinajstić information content (AvgIpc) is 3.19. The fraction of sp³-hybridized carbons (Fsp3) is 0.552. The van der Waals surface area contributed by atoms with Crippen molar-refractivity contribution in [3.05, 3.63) is 41.5 Å². The number of ether oxygens (including phenoxy) is 6. The lowest BCUT2D eigenvalue weighted by Crippen LogP contribution is -2.30. The van der Waals surface area contributed by atoms with Crippen LogP contribution in [0.2, 0.25) is 0 Å². The lowest BCUT2D eigenvalue weighted by atomic mass is 9.99. The van der Waals surface area contributed by atoms with Crippen LogP contribution in [0.15, 0.2) is 30.4 Å². The molecule has 1 aromatic rings. The summed E-state index contributed by atoms with van der Waals surface area (Å²) in [6, 6.07) is 3.35. The van der Waals surface area contributed by atoms with Gasteiger partial charge in [0, 0.05) is 32.1 Å². The summed E-state index contributed by atoms with van der Waals surface area (Å²) in [5, 5.41) is 2.73. The number of ketones is 1. The van der Waals surface area contributed by atoms with Crippen molar-refractivity contribution < 1.29 is 42.8 Å². The number of benzene rings is 1. The van der Waals surface area contributed by atoms with Crippen molar-refractivity contribution in [3.63, 3.8) is 0 Å². The Bertz CT molecular complexity index is 1090. The lowest BCUT2D eigenvalue weighted by molar-refractivity contribution is -0.152. The maximum Gasteiger partial charge on any atom is 0.342 e. The van der Waals surface area contributed by atoms with Gasteiger partial charge in [-0.2, -0.15) is 0 Å². The standard InChI is InChI=1S/C29H39NO9/c1-18-11-12-22(32)27-25(38-29(4,5)39-27)10-7-9-21-23(35-16-8-15-30-20(3)31)13-14-24(36-17-34-6)26(21)28(33)37-19(18)2/h7,9,11-14,18-19,25,27H,8,10,15-17H2,1-6H3,(H,30,31)/b9-7+,12-11-/t18-,19+,25+,27-/m1/s1. The highest BCUT2D eigenvalue weighted by atomic mass is 16.8. The topological polar surface area (TPSA) is 119 Å². The Kier molecular flexibility index (Phi) is 10.7. The predicted octanol–water partition coefficient (Wildman–Crippen LogP) is 3.82. The fourth-order valence-electron chi connectivity index (χ4n) is 4.25. The van der Waals surface area contributed by atoms with Crippen molar-refractivity contribution >= 4 is 23.7 Å². The van der Waals surface area contributed by atoms with Gasteiger partial charge in [-0.1, -0.05) is 25.2 Å². The summed E-state index contributed by atoms with van der Waals surface area (Å²) < 4.78 is 34.6. The Morgan fingerprint density at radius 2 is 1.85 bits per heavy atom. The van der Waals surface area contributed by atoms with Crippen LogP contribution in [0.25, 0.3) is 6.08 Å².